The van der Waals surface area contributed by atoms with Crippen LogP contribution in [0.3, 0.4) is 0 Å². The highest BCUT2D eigenvalue weighted by Gasteiger charge is 2.19. The highest BCUT2D eigenvalue weighted by molar-refractivity contribution is 14.1. The second kappa shape index (κ2) is 5.44. The maximum Gasteiger partial charge on any atom is 0.262 e. The van der Waals surface area contributed by atoms with E-state index in [0.717, 1.165) is 20.8 Å². The molecule has 21 heavy (non-hydrogen) atoms. The third-order valence-electron chi connectivity index (χ3n) is 3.55. The lowest BCUT2D eigenvalue weighted by atomic mass is 10.1. The summed E-state index contributed by atoms with van der Waals surface area (Å²) < 4.78 is 2.62. The first-order valence-electron chi connectivity index (χ1n) is 6.49. The molecule has 3 rings (SSSR count). The SMILES string of the molecule is Cc1c(C=O)c2ccccc2n1C(=O)c1cccc(I)c1. The van der Waals surface area contributed by atoms with Gasteiger partial charge in [0, 0.05) is 25.8 Å². The van der Waals surface area contributed by atoms with Gasteiger partial charge in [0.15, 0.2) is 6.29 Å². The van der Waals surface area contributed by atoms with Crippen molar-refractivity contribution in [2.45, 2.75) is 6.92 Å². The monoisotopic (exact) mass is 389 g/mol. The molecular formula is C17H12INO2. The summed E-state index contributed by atoms with van der Waals surface area (Å²) in [6.07, 6.45) is 0.816. The molecule has 0 bridgehead atoms. The van der Waals surface area contributed by atoms with Crippen molar-refractivity contribution in [2.75, 3.05) is 0 Å². The van der Waals surface area contributed by atoms with Gasteiger partial charge in [0.05, 0.1) is 5.52 Å². The summed E-state index contributed by atoms with van der Waals surface area (Å²) in [7, 11) is 0. The zero-order chi connectivity index (χ0) is 15.0. The molecule has 0 aliphatic carbocycles. The van der Waals surface area contributed by atoms with Crippen molar-refractivity contribution in [1.29, 1.82) is 0 Å². The van der Waals surface area contributed by atoms with E-state index in [-0.39, 0.29) is 5.91 Å². The molecule has 0 fully saturated rings. The van der Waals surface area contributed by atoms with E-state index < -0.39 is 0 Å². The van der Waals surface area contributed by atoms with Gasteiger partial charge in [0.25, 0.3) is 5.91 Å². The largest absolute Gasteiger partial charge is 0.298 e. The second-order valence-corrected chi connectivity index (χ2v) is 6.03. The molecule has 104 valence electrons. The van der Waals surface area contributed by atoms with Gasteiger partial charge in [-0.05, 0) is 53.8 Å². The average Bonchev–Trinajstić information content (AvgIpc) is 2.78. The first-order chi connectivity index (χ1) is 10.1. The number of rotatable bonds is 2. The number of hydrogen-bond donors (Lipinski definition) is 0. The molecule has 3 nitrogen and oxygen atoms in total. The van der Waals surface area contributed by atoms with Gasteiger partial charge in [0.1, 0.15) is 0 Å². The van der Waals surface area contributed by atoms with Gasteiger partial charge in [-0.25, -0.2) is 0 Å². The molecule has 0 aliphatic heterocycles. The number of aromatic nitrogens is 1. The van der Waals surface area contributed by atoms with E-state index in [2.05, 4.69) is 22.6 Å². The Morgan fingerprint density at radius 1 is 1.14 bits per heavy atom. The minimum atomic E-state index is -0.115. The Bertz CT molecular complexity index is 864. The summed E-state index contributed by atoms with van der Waals surface area (Å²) in [4.78, 5) is 24.1. The quantitative estimate of drug-likeness (QED) is 0.490. The van der Waals surface area contributed by atoms with Crippen LogP contribution in [0.4, 0.5) is 0 Å². The van der Waals surface area contributed by atoms with Crippen molar-refractivity contribution in [2.24, 2.45) is 0 Å². The van der Waals surface area contributed by atoms with Gasteiger partial charge in [0.2, 0.25) is 0 Å². The zero-order valence-electron chi connectivity index (χ0n) is 11.3. The number of fused-ring (bicyclic) bond motifs is 1. The topological polar surface area (TPSA) is 39.1 Å². The number of benzene rings is 2. The number of halogens is 1. The third-order valence-corrected chi connectivity index (χ3v) is 4.22. The van der Waals surface area contributed by atoms with E-state index in [9.17, 15) is 9.59 Å². The molecule has 0 amide bonds. The van der Waals surface area contributed by atoms with Crippen LogP contribution >= 0.6 is 22.6 Å². The fourth-order valence-corrected chi connectivity index (χ4v) is 3.10. The molecular weight excluding hydrogens is 377 g/mol. The van der Waals surface area contributed by atoms with Crippen molar-refractivity contribution < 1.29 is 9.59 Å². The van der Waals surface area contributed by atoms with Crippen molar-refractivity contribution in [3.05, 3.63) is 68.9 Å². The number of carbonyl (C=O) groups is 2. The highest BCUT2D eigenvalue weighted by Crippen LogP contribution is 2.25. The van der Waals surface area contributed by atoms with Crippen molar-refractivity contribution in [3.8, 4) is 0 Å². The lowest BCUT2D eigenvalue weighted by molar-refractivity contribution is 0.0963. The molecule has 0 N–H and O–H groups in total. The molecule has 2 aromatic carbocycles. The number of para-hydroxylation sites is 1. The van der Waals surface area contributed by atoms with Crippen LogP contribution < -0.4 is 0 Å². The van der Waals surface area contributed by atoms with E-state index in [1.807, 2.05) is 42.5 Å². The Hall–Kier alpha value is -1.95. The van der Waals surface area contributed by atoms with Gasteiger partial charge in [-0.1, -0.05) is 24.3 Å². The molecule has 0 saturated carbocycles. The van der Waals surface area contributed by atoms with Crippen LogP contribution in [0.1, 0.15) is 26.4 Å². The summed E-state index contributed by atoms with van der Waals surface area (Å²) in [5.41, 5.74) is 2.63. The average molecular weight is 389 g/mol. The summed E-state index contributed by atoms with van der Waals surface area (Å²) in [6.45, 7) is 1.80. The van der Waals surface area contributed by atoms with E-state index in [4.69, 9.17) is 0 Å². The molecule has 0 atom stereocenters. The molecule has 0 unspecified atom stereocenters. The predicted octanol–water partition coefficient (Wildman–Crippen LogP) is 4.06. The van der Waals surface area contributed by atoms with Crippen molar-refractivity contribution in [3.63, 3.8) is 0 Å². The molecule has 4 heteroatoms. The van der Waals surface area contributed by atoms with Gasteiger partial charge in [-0.2, -0.15) is 0 Å². The van der Waals surface area contributed by atoms with Crippen LogP contribution in [-0.2, 0) is 0 Å². The molecule has 0 saturated heterocycles. The van der Waals surface area contributed by atoms with Gasteiger partial charge < -0.3 is 0 Å². The first kappa shape index (κ1) is 14.0. The van der Waals surface area contributed by atoms with Crippen molar-refractivity contribution in [1.82, 2.24) is 4.57 Å². The molecule has 3 aromatic rings. The maximum absolute atomic E-state index is 12.8. The Labute approximate surface area is 135 Å². The van der Waals surface area contributed by atoms with Crippen LogP contribution in [0.15, 0.2) is 48.5 Å². The van der Waals surface area contributed by atoms with E-state index in [0.29, 0.717) is 16.8 Å². The third kappa shape index (κ3) is 2.29. The van der Waals surface area contributed by atoms with Crippen LogP contribution in [0.5, 0.6) is 0 Å². The molecule has 1 heterocycles. The summed E-state index contributed by atoms with van der Waals surface area (Å²) in [5.74, 6) is -0.115. The van der Waals surface area contributed by atoms with Gasteiger partial charge >= 0.3 is 0 Å². The number of nitrogens with zero attached hydrogens (tertiary/aromatic N) is 1. The number of aldehydes is 1. The smallest absolute Gasteiger partial charge is 0.262 e. The number of hydrogen-bond acceptors (Lipinski definition) is 2. The minimum Gasteiger partial charge on any atom is -0.298 e. The molecule has 1 aromatic heterocycles. The lowest BCUT2D eigenvalue weighted by Crippen LogP contribution is -2.13. The summed E-state index contributed by atoms with van der Waals surface area (Å²) in [5, 5.41) is 0.809. The zero-order valence-corrected chi connectivity index (χ0v) is 13.5. The lowest BCUT2D eigenvalue weighted by Gasteiger charge is -2.07. The molecule has 0 aliphatic rings. The van der Waals surface area contributed by atoms with Crippen LogP contribution in [-0.4, -0.2) is 16.8 Å². The van der Waals surface area contributed by atoms with E-state index in [1.165, 1.54) is 0 Å². The van der Waals surface area contributed by atoms with Gasteiger partial charge in [-0.3, -0.25) is 14.2 Å². The highest BCUT2D eigenvalue weighted by atomic mass is 127. The van der Waals surface area contributed by atoms with E-state index in [1.54, 1.807) is 17.6 Å². The van der Waals surface area contributed by atoms with Crippen molar-refractivity contribution >= 4 is 45.7 Å². The van der Waals surface area contributed by atoms with Crippen LogP contribution in [0.25, 0.3) is 10.9 Å². The molecule has 0 spiro atoms. The number of carbonyl (C=O) groups excluding carboxylic acids is 2. The first-order valence-corrected chi connectivity index (χ1v) is 7.57. The fourth-order valence-electron chi connectivity index (χ4n) is 2.55. The van der Waals surface area contributed by atoms with Gasteiger partial charge in [-0.15, -0.1) is 0 Å². The Morgan fingerprint density at radius 2 is 1.90 bits per heavy atom. The maximum atomic E-state index is 12.8. The Morgan fingerprint density at radius 3 is 2.62 bits per heavy atom. The predicted molar refractivity (Wildman–Crippen MR) is 91.0 cm³/mol. The summed E-state index contributed by atoms with van der Waals surface area (Å²) >= 11 is 2.18. The minimum absolute atomic E-state index is 0.115. The second-order valence-electron chi connectivity index (χ2n) is 4.78. The Kier molecular flexibility index (Phi) is 3.63. The van der Waals surface area contributed by atoms with Crippen LogP contribution in [0.2, 0.25) is 0 Å². The summed E-state index contributed by atoms with van der Waals surface area (Å²) in [6, 6.07) is 14.9. The van der Waals surface area contributed by atoms with E-state index >= 15 is 0 Å². The molecule has 0 radical (unpaired) electrons. The van der Waals surface area contributed by atoms with Crippen LogP contribution in [0, 0.1) is 10.5 Å². The normalized spacial score (nSPS) is 10.8. The standard InChI is InChI=1S/C17H12INO2/c1-11-15(10-20)14-7-2-3-8-16(14)19(11)17(21)12-5-4-6-13(18)9-12/h2-10H,1H3. The fraction of sp³-hybridized carbons (Fsp3) is 0.0588. The Balaban J connectivity index is 2.28.